The Morgan fingerprint density at radius 1 is 1.23 bits per heavy atom. The maximum atomic E-state index is 12.8. The van der Waals surface area contributed by atoms with Gasteiger partial charge in [0.15, 0.2) is 0 Å². The molecule has 0 unspecified atom stereocenters. The number of amides is 1. The minimum atomic E-state index is -0.332. The zero-order chi connectivity index (χ0) is 21.5. The van der Waals surface area contributed by atoms with E-state index in [-0.39, 0.29) is 17.5 Å². The number of rotatable bonds is 6. The van der Waals surface area contributed by atoms with Crippen LogP contribution in [0.4, 0.5) is 0 Å². The second kappa shape index (κ2) is 10.8. The second-order valence-corrected chi connectivity index (χ2v) is 9.36. The molecule has 0 saturated heterocycles. The molecule has 2 atom stereocenters. The van der Waals surface area contributed by atoms with E-state index in [0.717, 1.165) is 33.8 Å². The maximum absolute atomic E-state index is 12.8. The van der Waals surface area contributed by atoms with Gasteiger partial charge in [-0.25, -0.2) is 0 Å². The third-order valence-electron chi connectivity index (χ3n) is 5.36. The monoisotopic (exact) mass is 530 g/mol. The molecule has 1 fully saturated rings. The Morgan fingerprint density at radius 2 is 1.97 bits per heavy atom. The fraction of sp³-hybridized carbons (Fsp3) is 0.333. The predicted molar refractivity (Wildman–Crippen MR) is 126 cm³/mol. The minimum Gasteiger partial charge on any atom is -0.487 e. The van der Waals surface area contributed by atoms with Crippen LogP contribution in [0.15, 0.2) is 57.0 Å². The van der Waals surface area contributed by atoms with Crippen LogP contribution >= 0.6 is 31.9 Å². The fourth-order valence-corrected chi connectivity index (χ4v) is 5.02. The highest BCUT2D eigenvalue weighted by molar-refractivity contribution is 9.11. The van der Waals surface area contributed by atoms with E-state index < -0.39 is 0 Å². The number of nitrogens with one attached hydrogen (secondary N) is 1. The molecule has 2 aromatic carbocycles. The molecule has 3 rings (SSSR count). The van der Waals surface area contributed by atoms with Crippen molar-refractivity contribution in [3.8, 4) is 11.8 Å². The average molecular weight is 532 g/mol. The van der Waals surface area contributed by atoms with Crippen LogP contribution in [0.25, 0.3) is 6.08 Å². The number of benzene rings is 2. The van der Waals surface area contributed by atoms with Crippen LogP contribution in [0.3, 0.4) is 0 Å². The van der Waals surface area contributed by atoms with E-state index >= 15 is 0 Å². The van der Waals surface area contributed by atoms with Crippen LogP contribution in [0.1, 0.15) is 43.7 Å². The summed E-state index contributed by atoms with van der Waals surface area (Å²) in [4.78, 5) is 12.8. The Hall–Kier alpha value is -2.10. The molecule has 0 bridgehead atoms. The Kier molecular flexibility index (Phi) is 8.12. The van der Waals surface area contributed by atoms with E-state index in [2.05, 4.69) is 50.2 Å². The average Bonchev–Trinajstić information content (AvgIpc) is 2.73. The molecule has 0 spiro atoms. The number of ether oxygens (including phenoxy) is 1. The summed E-state index contributed by atoms with van der Waals surface area (Å²) in [5.41, 5.74) is 1.77. The van der Waals surface area contributed by atoms with Crippen LogP contribution in [-0.4, -0.2) is 11.9 Å². The molecule has 1 saturated carbocycles. The Morgan fingerprint density at radius 3 is 2.67 bits per heavy atom. The van der Waals surface area contributed by atoms with Crippen LogP contribution < -0.4 is 10.1 Å². The highest BCUT2D eigenvalue weighted by atomic mass is 79.9. The highest BCUT2D eigenvalue weighted by Gasteiger charge is 2.24. The van der Waals surface area contributed by atoms with Gasteiger partial charge in [0.1, 0.15) is 24.0 Å². The molecule has 0 aliphatic heterocycles. The largest absolute Gasteiger partial charge is 0.487 e. The van der Waals surface area contributed by atoms with E-state index in [1.807, 2.05) is 42.5 Å². The molecule has 1 amide bonds. The smallest absolute Gasteiger partial charge is 0.262 e. The lowest BCUT2D eigenvalue weighted by atomic mass is 9.86. The third kappa shape index (κ3) is 5.96. The van der Waals surface area contributed by atoms with Crippen LogP contribution in [0.2, 0.25) is 0 Å². The van der Waals surface area contributed by atoms with Crippen molar-refractivity contribution in [3.63, 3.8) is 0 Å². The molecule has 1 N–H and O–H groups in total. The highest BCUT2D eigenvalue weighted by Crippen LogP contribution is 2.35. The summed E-state index contributed by atoms with van der Waals surface area (Å²) < 4.78 is 7.62. The summed E-state index contributed by atoms with van der Waals surface area (Å²) in [6, 6.07) is 15.8. The lowest BCUT2D eigenvalue weighted by molar-refractivity contribution is -0.118. The number of halogens is 2. The molecule has 2 aromatic rings. The first-order chi connectivity index (χ1) is 14.5. The summed E-state index contributed by atoms with van der Waals surface area (Å²) in [6.45, 7) is 2.54. The van der Waals surface area contributed by atoms with E-state index in [1.165, 1.54) is 6.42 Å². The van der Waals surface area contributed by atoms with Gasteiger partial charge in [-0.3, -0.25) is 4.79 Å². The second-order valence-electron chi connectivity index (χ2n) is 7.59. The Labute approximate surface area is 194 Å². The normalized spacial score (nSPS) is 19.1. The van der Waals surface area contributed by atoms with E-state index in [0.29, 0.717) is 23.8 Å². The number of hydrogen-bond acceptors (Lipinski definition) is 3. The lowest BCUT2D eigenvalue weighted by Gasteiger charge is -2.29. The van der Waals surface area contributed by atoms with Crippen molar-refractivity contribution in [2.24, 2.45) is 5.92 Å². The topological polar surface area (TPSA) is 62.1 Å². The molecule has 4 nitrogen and oxygen atoms in total. The fourth-order valence-electron chi connectivity index (χ4n) is 3.65. The van der Waals surface area contributed by atoms with Crippen molar-refractivity contribution in [2.75, 3.05) is 0 Å². The minimum absolute atomic E-state index is 0.0716. The van der Waals surface area contributed by atoms with Gasteiger partial charge in [0.05, 0.1) is 4.47 Å². The molecular weight excluding hydrogens is 508 g/mol. The lowest BCUT2D eigenvalue weighted by Crippen LogP contribution is -2.41. The Bertz CT molecular complexity index is 967. The first-order valence-corrected chi connectivity index (χ1v) is 11.6. The molecule has 1 aliphatic carbocycles. The summed E-state index contributed by atoms with van der Waals surface area (Å²) >= 11 is 7.02. The zero-order valence-electron chi connectivity index (χ0n) is 16.8. The molecule has 30 heavy (non-hydrogen) atoms. The number of nitrogens with zero attached hydrogens (tertiary/aromatic N) is 1. The van der Waals surface area contributed by atoms with Gasteiger partial charge < -0.3 is 10.1 Å². The van der Waals surface area contributed by atoms with Crippen molar-refractivity contribution in [3.05, 3.63) is 68.1 Å². The summed E-state index contributed by atoms with van der Waals surface area (Å²) in [7, 11) is 0. The first-order valence-electron chi connectivity index (χ1n) is 10.1. The number of nitriles is 1. The molecule has 6 heteroatoms. The van der Waals surface area contributed by atoms with Gasteiger partial charge in [-0.15, -0.1) is 0 Å². The number of hydrogen-bond donors (Lipinski definition) is 1. The van der Waals surface area contributed by atoms with Crippen molar-refractivity contribution >= 4 is 43.8 Å². The van der Waals surface area contributed by atoms with E-state index in [9.17, 15) is 10.1 Å². The van der Waals surface area contributed by atoms with Gasteiger partial charge in [-0.05, 0) is 58.5 Å². The summed E-state index contributed by atoms with van der Waals surface area (Å²) in [5, 5.41) is 12.7. The molecule has 156 valence electrons. The molecule has 0 aromatic heterocycles. The maximum Gasteiger partial charge on any atom is 0.262 e. The van der Waals surface area contributed by atoms with E-state index in [1.54, 1.807) is 6.08 Å². The molecular formula is C24H24Br2N2O2. The number of carbonyl (C=O) groups excluding carboxylic acids is 1. The van der Waals surface area contributed by atoms with Crippen molar-refractivity contribution in [1.82, 2.24) is 5.32 Å². The van der Waals surface area contributed by atoms with Crippen LogP contribution in [-0.2, 0) is 11.4 Å². The zero-order valence-corrected chi connectivity index (χ0v) is 20.0. The summed E-state index contributed by atoms with van der Waals surface area (Å²) in [6.07, 6.45) is 5.96. The van der Waals surface area contributed by atoms with Crippen molar-refractivity contribution in [2.45, 2.75) is 45.3 Å². The first kappa shape index (κ1) is 22.6. The predicted octanol–water partition coefficient (Wildman–Crippen LogP) is 6.39. The van der Waals surface area contributed by atoms with E-state index in [4.69, 9.17) is 4.74 Å². The Balaban J connectivity index is 1.84. The van der Waals surface area contributed by atoms with Crippen LogP contribution in [0.5, 0.6) is 5.75 Å². The van der Waals surface area contributed by atoms with Crippen molar-refractivity contribution in [1.29, 1.82) is 5.26 Å². The molecule has 0 heterocycles. The van der Waals surface area contributed by atoms with Gasteiger partial charge in [0.25, 0.3) is 5.91 Å². The van der Waals surface area contributed by atoms with Gasteiger partial charge >= 0.3 is 0 Å². The van der Waals surface area contributed by atoms with Gasteiger partial charge in [-0.2, -0.15) is 5.26 Å². The SMILES string of the molecule is C[C@@H]1CCCC[C@H]1NC(=O)/C(C#N)=C/c1cc(Br)cc(Br)c1OCc1ccccc1. The van der Waals surface area contributed by atoms with Gasteiger partial charge in [0, 0.05) is 16.1 Å². The molecule has 0 radical (unpaired) electrons. The standard InChI is InChI=1S/C24H24Br2N2O2/c1-16-7-5-6-10-22(16)28-24(29)19(14-27)11-18-12-20(25)13-21(26)23(18)30-15-17-8-3-2-4-9-17/h2-4,8-9,11-13,16,22H,5-7,10,15H2,1H3,(H,28,29)/b19-11+/t16-,22-/m1/s1. The van der Waals surface area contributed by atoms with Gasteiger partial charge in [-0.1, -0.05) is 66.0 Å². The summed E-state index contributed by atoms with van der Waals surface area (Å²) in [5.74, 6) is 0.683. The molecule has 1 aliphatic rings. The number of carbonyl (C=O) groups is 1. The third-order valence-corrected chi connectivity index (χ3v) is 6.40. The van der Waals surface area contributed by atoms with Crippen LogP contribution in [0, 0.1) is 17.2 Å². The van der Waals surface area contributed by atoms with Crippen molar-refractivity contribution < 1.29 is 9.53 Å². The quantitative estimate of drug-likeness (QED) is 0.347. The van der Waals surface area contributed by atoms with Gasteiger partial charge in [0.2, 0.25) is 0 Å².